The highest BCUT2D eigenvalue weighted by molar-refractivity contribution is 7.89. The van der Waals surface area contributed by atoms with E-state index in [1.165, 1.54) is 51.9 Å². The molecule has 0 spiro atoms. The zero-order chi connectivity index (χ0) is 25.7. The first-order chi connectivity index (χ1) is 17.0. The maximum Gasteiger partial charge on any atom is 0.416 e. The lowest BCUT2D eigenvalue weighted by molar-refractivity contribution is -0.137. The van der Waals surface area contributed by atoms with Gasteiger partial charge in [0.15, 0.2) is 16.7 Å². The van der Waals surface area contributed by atoms with Crippen LogP contribution < -0.4 is 0 Å². The topological polar surface area (TPSA) is 81.2 Å². The Morgan fingerprint density at radius 2 is 1.64 bits per heavy atom. The highest BCUT2D eigenvalue weighted by Gasteiger charge is 2.43. The number of imidazole rings is 1. The number of sulfonamides is 1. The van der Waals surface area contributed by atoms with E-state index >= 15 is 0 Å². The van der Waals surface area contributed by atoms with Crippen LogP contribution in [-0.2, 0) is 23.2 Å². The van der Waals surface area contributed by atoms with Gasteiger partial charge in [-0.05, 0) is 29.8 Å². The minimum Gasteiger partial charge on any atom is -0.440 e. The predicted octanol–water partition coefficient (Wildman–Crippen LogP) is 4.80. The lowest BCUT2D eigenvalue weighted by Crippen LogP contribution is -2.29. The van der Waals surface area contributed by atoms with Crippen molar-refractivity contribution in [3.8, 4) is 11.3 Å². The molecule has 1 aliphatic heterocycles. The largest absolute Gasteiger partial charge is 0.440 e. The van der Waals surface area contributed by atoms with Crippen LogP contribution >= 0.6 is 0 Å². The summed E-state index contributed by atoms with van der Waals surface area (Å²) >= 11 is 0. The number of alkyl halides is 3. The van der Waals surface area contributed by atoms with E-state index in [1.807, 2.05) is 0 Å². The molecule has 0 amide bonds. The van der Waals surface area contributed by atoms with Crippen molar-refractivity contribution >= 4 is 10.0 Å². The smallest absolute Gasteiger partial charge is 0.416 e. The number of benzene rings is 2. The van der Waals surface area contributed by atoms with Gasteiger partial charge in [0.2, 0.25) is 0 Å². The summed E-state index contributed by atoms with van der Waals surface area (Å²) in [6.07, 6.45) is -0.263. The summed E-state index contributed by atoms with van der Waals surface area (Å²) in [4.78, 5) is 8.30. The summed E-state index contributed by atoms with van der Waals surface area (Å²) in [5.74, 6) is -0.854. The Morgan fingerprint density at radius 3 is 2.25 bits per heavy atom. The van der Waals surface area contributed by atoms with Gasteiger partial charge in [-0.2, -0.15) is 17.5 Å². The number of hydrogen-bond acceptors (Lipinski definition) is 5. The summed E-state index contributed by atoms with van der Waals surface area (Å²) in [7, 11) is -2.26. The molecule has 5 rings (SSSR count). The van der Waals surface area contributed by atoms with Gasteiger partial charge in [-0.3, -0.25) is 0 Å². The molecule has 4 aromatic rings. The van der Waals surface area contributed by atoms with Crippen molar-refractivity contribution in [2.45, 2.75) is 23.0 Å². The van der Waals surface area contributed by atoms with Crippen LogP contribution in [0.4, 0.5) is 17.6 Å². The van der Waals surface area contributed by atoms with Gasteiger partial charge in [0.25, 0.3) is 10.0 Å². The fourth-order valence-electron chi connectivity index (χ4n) is 4.33. The number of aromatic nitrogens is 3. The Labute approximate surface area is 204 Å². The van der Waals surface area contributed by atoms with Gasteiger partial charge < -0.3 is 8.98 Å². The zero-order valence-corrected chi connectivity index (χ0v) is 19.7. The van der Waals surface area contributed by atoms with Crippen LogP contribution in [0.3, 0.4) is 0 Å². The van der Waals surface area contributed by atoms with Gasteiger partial charge in [-0.25, -0.2) is 22.8 Å². The first-order valence-electron chi connectivity index (χ1n) is 10.9. The molecule has 0 bridgehead atoms. The van der Waals surface area contributed by atoms with Gasteiger partial charge in [-0.15, -0.1) is 0 Å². The minimum atomic E-state index is -4.46. The maximum atomic E-state index is 13.6. The van der Waals surface area contributed by atoms with Gasteiger partial charge in [0.1, 0.15) is 5.82 Å². The predicted molar refractivity (Wildman–Crippen MR) is 121 cm³/mol. The summed E-state index contributed by atoms with van der Waals surface area (Å²) in [6, 6.07) is 10.3. The Kier molecular flexibility index (Phi) is 5.95. The van der Waals surface area contributed by atoms with Crippen molar-refractivity contribution < 1.29 is 30.4 Å². The molecule has 0 saturated carbocycles. The summed E-state index contributed by atoms with van der Waals surface area (Å²) < 4.78 is 87.5. The van der Waals surface area contributed by atoms with E-state index in [4.69, 9.17) is 4.42 Å². The molecule has 1 aliphatic rings. The second-order valence-corrected chi connectivity index (χ2v) is 10.5. The van der Waals surface area contributed by atoms with Crippen LogP contribution in [0.1, 0.15) is 28.9 Å². The van der Waals surface area contributed by atoms with Gasteiger partial charge in [0, 0.05) is 37.8 Å². The van der Waals surface area contributed by atoms with Crippen molar-refractivity contribution in [1.82, 2.24) is 18.8 Å². The molecule has 2 atom stereocenters. The van der Waals surface area contributed by atoms with Gasteiger partial charge in [-0.1, -0.05) is 24.3 Å². The standard InChI is InChI=1S/C24H20F4N4O3S/c1-31-13-22(30-14-31)36(33,34)32-11-19(15-4-8-18(25)9-5-15)20(12-32)23-29-10-21(35-23)16-2-6-17(7-3-16)24(26,27)28/h2-10,13-14,19-20H,11-12H2,1H3/t19-,20+/m0/s1. The van der Waals surface area contributed by atoms with Crippen molar-refractivity contribution in [2.24, 2.45) is 7.05 Å². The summed E-state index contributed by atoms with van der Waals surface area (Å²) in [6.45, 7) is 0.126. The van der Waals surface area contributed by atoms with Gasteiger partial charge >= 0.3 is 6.18 Å². The summed E-state index contributed by atoms with van der Waals surface area (Å²) in [5.41, 5.74) is 0.318. The molecule has 2 aromatic carbocycles. The Morgan fingerprint density at radius 1 is 0.972 bits per heavy atom. The lowest BCUT2D eigenvalue weighted by Gasteiger charge is -2.16. The van der Waals surface area contributed by atoms with Crippen LogP contribution in [0.15, 0.2) is 76.7 Å². The SMILES string of the molecule is Cn1cnc(S(=O)(=O)N2C[C@@H](c3ccc(F)cc3)[C@H](c3ncc(-c4ccc(C(F)(F)F)cc4)o3)C2)c1. The zero-order valence-electron chi connectivity index (χ0n) is 18.9. The van der Waals surface area contributed by atoms with E-state index in [1.54, 1.807) is 19.2 Å². The highest BCUT2D eigenvalue weighted by atomic mass is 32.2. The quantitative estimate of drug-likeness (QED) is 0.353. The molecule has 1 saturated heterocycles. The Bertz CT molecular complexity index is 1480. The van der Waals surface area contributed by atoms with Crippen LogP contribution in [-0.4, -0.2) is 40.3 Å². The molecule has 0 N–H and O–H groups in total. The number of nitrogens with zero attached hydrogens (tertiary/aromatic N) is 4. The molecule has 188 valence electrons. The van der Waals surface area contributed by atoms with Gasteiger partial charge in [0.05, 0.1) is 24.0 Å². The number of hydrogen-bond donors (Lipinski definition) is 0. The van der Waals surface area contributed by atoms with E-state index in [-0.39, 0.29) is 29.8 Å². The number of oxazole rings is 1. The molecular weight excluding hydrogens is 500 g/mol. The molecule has 0 radical (unpaired) electrons. The molecule has 0 unspecified atom stereocenters. The molecule has 12 heteroatoms. The first-order valence-corrected chi connectivity index (χ1v) is 12.3. The van der Waals surface area contributed by atoms with E-state index in [0.717, 1.165) is 12.1 Å². The van der Waals surface area contributed by atoms with Crippen molar-refractivity contribution in [3.63, 3.8) is 0 Å². The average Bonchev–Trinajstić information content (AvgIpc) is 3.59. The number of aryl methyl sites for hydroxylation is 1. The monoisotopic (exact) mass is 520 g/mol. The van der Waals surface area contributed by atoms with Crippen molar-refractivity contribution in [2.75, 3.05) is 13.1 Å². The van der Waals surface area contributed by atoms with Crippen LogP contribution in [0.25, 0.3) is 11.3 Å². The Balaban J connectivity index is 1.48. The highest BCUT2D eigenvalue weighted by Crippen LogP contribution is 2.42. The fraction of sp³-hybridized carbons (Fsp3) is 0.250. The van der Waals surface area contributed by atoms with E-state index in [2.05, 4.69) is 9.97 Å². The van der Waals surface area contributed by atoms with E-state index in [9.17, 15) is 26.0 Å². The van der Waals surface area contributed by atoms with Crippen LogP contribution in [0.2, 0.25) is 0 Å². The molecule has 1 fully saturated rings. The molecule has 0 aliphatic carbocycles. The molecule has 36 heavy (non-hydrogen) atoms. The third-order valence-corrected chi connectivity index (χ3v) is 7.92. The second-order valence-electron chi connectivity index (χ2n) is 8.60. The van der Waals surface area contributed by atoms with Crippen LogP contribution in [0.5, 0.6) is 0 Å². The van der Waals surface area contributed by atoms with Crippen LogP contribution in [0, 0.1) is 5.82 Å². The average molecular weight is 521 g/mol. The number of halogens is 4. The Hall–Kier alpha value is -3.51. The normalized spacial score (nSPS) is 19.1. The third-order valence-electron chi connectivity index (χ3n) is 6.21. The number of rotatable bonds is 5. The lowest BCUT2D eigenvalue weighted by atomic mass is 9.89. The summed E-state index contributed by atoms with van der Waals surface area (Å²) in [5, 5.41) is -0.0960. The first kappa shape index (κ1) is 24.2. The second kappa shape index (κ2) is 8.86. The molecule has 2 aromatic heterocycles. The maximum absolute atomic E-state index is 13.6. The van der Waals surface area contributed by atoms with Crippen molar-refractivity contribution in [3.05, 3.63) is 90.1 Å². The van der Waals surface area contributed by atoms with E-state index in [0.29, 0.717) is 11.1 Å². The van der Waals surface area contributed by atoms with Crippen molar-refractivity contribution in [1.29, 1.82) is 0 Å². The molecule has 3 heterocycles. The molecular formula is C24H20F4N4O3S. The van der Waals surface area contributed by atoms with E-state index < -0.39 is 39.4 Å². The minimum absolute atomic E-state index is 0.0356. The third kappa shape index (κ3) is 4.53. The fourth-order valence-corrected chi connectivity index (χ4v) is 5.79. The molecule has 7 nitrogen and oxygen atoms in total.